The normalized spacial score (nSPS) is 11.7. The monoisotopic (exact) mass is 286 g/mol. The molecule has 4 heteroatoms. The van der Waals surface area contributed by atoms with Gasteiger partial charge in [0.05, 0.1) is 20.1 Å². The van der Waals surface area contributed by atoms with Gasteiger partial charge in [-0.25, -0.2) is 0 Å². The molecule has 0 amide bonds. The van der Waals surface area contributed by atoms with E-state index >= 15 is 0 Å². The molecule has 0 aliphatic carbocycles. The van der Waals surface area contributed by atoms with E-state index in [0.717, 1.165) is 16.9 Å². The number of aliphatic carboxylic acids is 1. The molecular weight excluding hydrogens is 268 g/mol. The van der Waals surface area contributed by atoms with Gasteiger partial charge in [-0.05, 0) is 41.8 Å². The number of ether oxygens (including phenoxy) is 2. The van der Waals surface area contributed by atoms with Crippen LogP contribution in [0.1, 0.15) is 17.0 Å². The molecule has 21 heavy (non-hydrogen) atoms. The lowest BCUT2D eigenvalue weighted by Crippen LogP contribution is -2.14. The molecular formula is C17H18O4. The summed E-state index contributed by atoms with van der Waals surface area (Å²) >= 11 is 0. The molecule has 0 heterocycles. The predicted octanol–water partition coefficient (Wildman–Crippen LogP) is 3.11. The molecule has 1 N–H and O–H groups in total. The largest absolute Gasteiger partial charge is 0.497 e. The zero-order chi connectivity index (χ0) is 15.2. The maximum absolute atomic E-state index is 11.5. The highest BCUT2D eigenvalue weighted by Gasteiger charge is 2.20. The van der Waals surface area contributed by atoms with Crippen molar-refractivity contribution in [1.29, 1.82) is 0 Å². The van der Waals surface area contributed by atoms with Crippen LogP contribution >= 0.6 is 0 Å². The molecule has 0 saturated carbocycles. The summed E-state index contributed by atoms with van der Waals surface area (Å²) in [6.45, 7) is 0. The average Bonchev–Trinajstić information content (AvgIpc) is 2.53. The van der Waals surface area contributed by atoms with Crippen molar-refractivity contribution in [2.24, 2.45) is 0 Å². The van der Waals surface area contributed by atoms with Crippen molar-refractivity contribution < 1.29 is 19.4 Å². The molecule has 2 aromatic carbocycles. The first-order chi connectivity index (χ1) is 10.1. The highest BCUT2D eigenvalue weighted by molar-refractivity contribution is 5.76. The molecule has 110 valence electrons. The molecule has 2 aromatic rings. The molecule has 2 rings (SSSR count). The van der Waals surface area contributed by atoms with Gasteiger partial charge in [-0.3, -0.25) is 4.79 Å². The summed E-state index contributed by atoms with van der Waals surface area (Å²) in [4.78, 5) is 11.5. The van der Waals surface area contributed by atoms with Gasteiger partial charge >= 0.3 is 5.97 Å². The maximum atomic E-state index is 11.5. The zero-order valence-corrected chi connectivity index (χ0v) is 12.1. The van der Waals surface area contributed by atoms with Crippen molar-refractivity contribution >= 4 is 5.97 Å². The second kappa shape index (κ2) is 6.79. The third-order valence-electron chi connectivity index (χ3n) is 3.42. The van der Waals surface area contributed by atoms with Crippen LogP contribution in [0.4, 0.5) is 0 Å². The smallest absolute Gasteiger partial charge is 0.311 e. The number of methoxy groups -OCH3 is 2. The maximum Gasteiger partial charge on any atom is 0.311 e. The van der Waals surface area contributed by atoms with Gasteiger partial charge in [-0.2, -0.15) is 0 Å². The van der Waals surface area contributed by atoms with Crippen molar-refractivity contribution in [3.05, 3.63) is 59.7 Å². The zero-order valence-electron chi connectivity index (χ0n) is 12.1. The average molecular weight is 286 g/mol. The van der Waals surface area contributed by atoms with Gasteiger partial charge in [-0.1, -0.05) is 24.3 Å². The standard InChI is InChI=1S/C17H18O4/c1-20-14-7-3-12(4-8-14)11-16(17(18)19)13-5-9-15(21-2)10-6-13/h3-10,16H,11H2,1-2H3,(H,18,19)/t16-/m1/s1. The molecule has 4 nitrogen and oxygen atoms in total. The second-order valence-electron chi connectivity index (χ2n) is 4.72. The van der Waals surface area contributed by atoms with Gasteiger partial charge in [-0.15, -0.1) is 0 Å². The lowest BCUT2D eigenvalue weighted by molar-refractivity contribution is -0.138. The molecule has 0 radical (unpaired) electrons. The first-order valence-electron chi connectivity index (χ1n) is 6.63. The van der Waals surface area contributed by atoms with Crippen LogP contribution in [0.3, 0.4) is 0 Å². The number of carboxylic acid groups (broad SMARTS) is 1. The molecule has 0 saturated heterocycles. The first-order valence-corrected chi connectivity index (χ1v) is 6.63. The van der Waals surface area contributed by atoms with Crippen LogP contribution in [0.5, 0.6) is 11.5 Å². The van der Waals surface area contributed by atoms with Gasteiger partial charge < -0.3 is 14.6 Å². The van der Waals surface area contributed by atoms with Crippen molar-refractivity contribution in [3.63, 3.8) is 0 Å². The van der Waals surface area contributed by atoms with E-state index in [1.54, 1.807) is 38.5 Å². The number of hydrogen-bond acceptors (Lipinski definition) is 3. The van der Waals surface area contributed by atoms with Crippen LogP contribution in [-0.2, 0) is 11.2 Å². The minimum Gasteiger partial charge on any atom is -0.497 e. The van der Waals surface area contributed by atoms with E-state index in [9.17, 15) is 9.90 Å². The minimum atomic E-state index is -0.837. The van der Waals surface area contributed by atoms with Crippen LogP contribution in [-0.4, -0.2) is 25.3 Å². The molecule has 0 fully saturated rings. The molecule has 1 atom stereocenters. The van der Waals surface area contributed by atoms with Crippen LogP contribution in [0.2, 0.25) is 0 Å². The molecule has 0 bridgehead atoms. The summed E-state index contributed by atoms with van der Waals surface area (Å²) in [6.07, 6.45) is 0.436. The quantitative estimate of drug-likeness (QED) is 0.886. The van der Waals surface area contributed by atoms with Gasteiger partial charge in [0.25, 0.3) is 0 Å². The number of hydrogen-bond donors (Lipinski definition) is 1. The van der Waals surface area contributed by atoms with E-state index in [1.165, 1.54) is 0 Å². The van der Waals surface area contributed by atoms with Gasteiger partial charge in [0.15, 0.2) is 0 Å². The van der Waals surface area contributed by atoms with Gasteiger partial charge in [0.1, 0.15) is 11.5 Å². The summed E-state index contributed by atoms with van der Waals surface area (Å²) in [5, 5.41) is 9.46. The summed E-state index contributed by atoms with van der Waals surface area (Å²) in [6, 6.07) is 14.6. The Morgan fingerprint density at radius 2 is 1.43 bits per heavy atom. The SMILES string of the molecule is COc1ccc(C[C@@H](C(=O)O)c2ccc(OC)cc2)cc1. The third-order valence-corrected chi connectivity index (χ3v) is 3.42. The fourth-order valence-corrected chi connectivity index (χ4v) is 2.18. The van der Waals surface area contributed by atoms with Crippen LogP contribution in [0.25, 0.3) is 0 Å². The summed E-state index contributed by atoms with van der Waals surface area (Å²) < 4.78 is 10.2. The highest BCUT2D eigenvalue weighted by Crippen LogP contribution is 2.24. The Kier molecular flexibility index (Phi) is 4.82. The molecule has 0 aliphatic rings. The van der Waals surface area contributed by atoms with Gasteiger partial charge in [0, 0.05) is 0 Å². The molecule has 0 unspecified atom stereocenters. The number of carboxylic acids is 1. The predicted molar refractivity (Wildman–Crippen MR) is 80.1 cm³/mol. The van der Waals surface area contributed by atoms with E-state index in [1.807, 2.05) is 24.3 Å². The van der Waals surface area contributed by atoms with Crippen molar-refractivity contribution in [3.8, 4) is 11.5 Å². The lowest BCUT2D eigenvalue weighted by atomic mass is 9.92. The Morgan fingerprint density at radius 1 is 0.952 bits per heavy atom. The van der Waals surface area contributed by atoms with Crippen LogP contribution in [0.15, 0.2) is 48.5 Å². The topological polar surface area (TPSA) is 55.8 Å². The van der Waals surface area contributed by atoms with Crippen molar-refractivity contribution in [1.82, 2.24) is 0 Å². The Morgan fingerprint density at radius 3 is 1.86 bits per heavy atom. The first kappa shape index (κ1) is 14.9. The Hall–Kier alpha value is -2.49. The van der Waals surface area contributed by atoms with Crippen molar-refractivity contribution in [2.45, 2.75) is 12.3 Å². The lowest BCUT2D eigenvalue weighted by Gasteiger charge is -2.14. The minimum absolute atomic E-state index is 0.436. The summed E-state index contributed by atoms with van der Waals surface area (Å²) in [7, 11) is 3.19. The Balaban J connectivity index is 2.19. The molecule has 0 aromatic heterocycles. The molecule has 0 aliphatic heterocycles. The number of benzene rings is 2. The summed E-state index contributed by atoms with van der Waals surface area (Å²) in [5.74, 6) is 0.0581. The third kappa shape index (κ3) is 3.75. The summed E-state index contributed by atoms with van der Waals surface area (Å²) in [5.41, 5.74) is 1.72. The van der Waals surface area contributed by atoms with E-state index in [0.29, 0.717) is 12.2 Å². The number of rotatable bonds is 6. The molecule has 0 spiro atoms. The van der Waals surface area contributed by atoms with E-state index < -0.39 is 11.9 Å². The second-order valence-corrected chi connectivity index (χ2v) is 4.72. The van der Waals surface area contributed by atoms with Gasteiger partial charge in [0.2, 0.25) is 0 Å². The number of carbonyl (C=O) groups is 1. The fourth-order valence-electron chi connectivity index (χ4n) is 2.18. The van der Waals surface area contributed by atoms with Crippen LogP contribution in [0, 0.1) is 0 Å². The fraction of sp³-hybridized carbons (Fsp3) is 0.235. The highest BCUT2D eigenvalue weighted by atomic mass is 16.5. The Labute approximate surface area is 123 Å². The van der Waals surface area contributed by atoms with Crippen molar-refractivity contribution in [2.75, 3.05) is 14.2 Å². The van der Waals surface area contributed by atoms with E-state index in [-0.39, 0.29) is 0 Å². The van der Waals surface area contributed by atoms with E-state index in [4.69, 9.17) is 9.47 Å². The van der Waals surface area contributed by atoms with E-state index in [2.05, 4.69) is 0 Å². The Bertz CT molecular complexity index is 587. The van der Waals surface area contributed by atoms with Crippen LogP contribution < -0.4 is 9.47 Å².